The molecule has 2 aliphatic rings. The summed E-state index contributed by atoms with van der Waals surface area (Å²) >= 11 is 0. The van der Waals surface area contributed by atoms with Crippen LogP contribution in [0, 0.1) is 0 Å². The largest absolute Gasteiger partial charge is 0.354 e. The highest BCUT2D eigenvalue weighted by Crippen LogP contribution is 2.35. The molecule has 1 spiro atoms. The first-order chi connectivity index (χ1) is 7.52. The number of hydrogen-bond donors (Lipinski definition) is 0. The quantitative estimate of drug-likeness (QED) is 0.675. The van der Waals surface area contributed by atoms with E-state index in [4.69, 9.17) is 4.74 Å². The van der Waals surface area contributed by atoms with E-state index in [0.29, 0.717) is 6.10 Å². The predicted molar refractivity (Wildman–Crippen MR) is 65.5 cm³/mol. The molecule has 2 aliphatic heterocycles. The lowest BCUT2D eigenvalue weighted by atomic mass is 10.00. The number of hydrogen-bond acceptors (Lipinski definition) is 4. The summed E-state index contributed by atoms with van der Waals surface area (Å²) in [4.78, 5) is 7.03. The van der Waals surface area contributed by atoms with Crippen molar-refractivity contribution in [2.75, 3.05) is 54.4 Å². The maximum Gasteiger partial charge on any atom is 0.124 e. The van der Waals surface area contributed by atoms with E-state index in [1.165, 1.54) is 0 Å². The lowest BCUT2D eigenvalue weighted by Gasteiger charge is -2.41. The molecule has 0 N–H and O–H groups in total. The first-order valence-electron chi connectivity index (χ1n) is 6.24. The van der Waals surface area contributed by atoms with Gasteiger partial charge in [0.25, 0.3) is 0 Å². The van der Waals surface area contributed by atoms with Gasteiger partial charge in [0, 0.05) is 39.0 Å². The van der Waals surface area contributed by atoms with Crippen LogP contribution in [0.5, 0.6) is 0 Å². The van der Waals surface area contributed by atoms with E-state index < -0.39 is 0 Å². The van der Waals surface area contributed by atoms with Gasteiger partial charge in [0.2, 0.25) is 0 Å². The van der Waals surface area contributed by atoms with Crippen LogP contribution in [0.15, 0.2) is 0 Å². The van der Waals surface area contributed by atoms with Crippen LogP contribution in [0.2, 0.25) is 0 Å². The molecule has 0 aromatic carbocycles. The second-order valence-corrected chi connectivity index (χ2v) is 5.63. The van der Waals surface area contributed by atoms with E-state index >= 15 is 0 Å². The summed E-state index contributed by atoms with van der Waals surface area (Å²) in [5.41, 5.74) is 0.0349. The molecule has 0 radical (unpaired) electrons. The standard InChI is InChI=1S/C12H25N3O/c1-13(2)9-11-10-15(4)12(16-11)5-7-14(3)8-6-12/h11H,5-10H2,1-4H3. The third-order valence-electron chi connectivity index (χ3n) is 3.90. The Bertz CT molecular complexity index is 236. The molecule has 0 saturated carbocycles. The smallest absolute Gasteiger partial charge is 0.124 e. The molecule has 4 heteroatoms. The maximum absolute atomic E-state index is 6.32. The van der Waals surface area contributed by atoms with Gasteiger partial charge in [-0.05, 0) is 28.2 Å². The summed E-state index contributed by atoms with van der Waals surface area (Å²) in [5, 5.41) is 0. The minimum atomic E-state index is 0.0349. The molecule has 2 rings (SSSR count). The summed E-state index contributed by atoms with van der Waals surface area (Å²) in [6.45, 7) is 4.40. The highest BCUT2D eigenvalue weighted by molar-refractivity contribution is 4.93. The molecule has 2 fully saturated rings. The molecular formula is C12H25N3O. The highest BCUT2D eigenvalue weighted by Gasteiger charge is 2.45. The fraction of sp³-hybridized carbons (Fsp3) is 1.00. The molecule has 0 amide bonds. The van der Waals surface area contributed by atoms with Crippen molar-refractivity contribution in [3.8, 4) is 0 Å². The first-order valence-corrected chi connectivity index (χ1v) is 6.24. The van der Waals surface area contributed by atoms with Crippen LogP contribution in [-0.4, -0.2) is 80.9 Å². The minimum Gasteiger partial charge on any atom is -0.354 e. The monoisotopic (exact) mass is 227 g/mol. The Balaban J connectivity index is 1.96. The van der Waals surface area contributed by atoms with Crippen molar-refractivity contribution in [3.05, 3.63) is 0 Å². The van der Waals surface area contributed by atoms with Gasteiger partial charge in [-0.3, -0.25) is 4.90 Å². The fourth-order valence-electron chi connectivity index (χ4n) is 2.88. The first kappa shape index (κ1) is 12.3. The molecule has 2 heterocycles. The summed E-state index contributed by atoms with van der Waals surface area (Å²) < 4.78 is 6.32. The normalized spacial score (nSPS) is 31.7. The molecular weight excluding hydrogens is 202 g/mol. The number of likely N-dealkylation sites (N-methyl/N-ethyl adjacent to an activating group) is 2. The molecule has 1 atom stereocenters. The molecule has 4 nitrogen and oxygen atoms in total. The average Bonchev–Trinajstić information content (AvgIpc) is 2.48. The zero-order valence-corrected chi connectivity index (χ0v) is 11.1. The zero-order valence-electron chi connectivity index (χ0n) is 11.1. The zero-order chi connectivity index (χ0) is 11.8. The number of likely N-dealkylation sites (tertiary alicyclic amines) is 1. The van der Waals surface area contributed by atoms with Gasteiger partial charge in [-0.2, -0.15) is 0 Å². The van der Waals surface area contributed by atoms with Crippen molar-refractivity contribution < 1.29 is 4.74 Å². The van der Waals surface area contributed by atoms with Crippen LogP contribution in [-0.2, 0) is 4.74 Å². The van der Waals surface area contributed by atoms with Crippen molar-refractivity contribution in [2.24, 2.45) is 0 Å². The van der Waals surface area contributed by atoms with Crippen molar-refractivity contribution in [1.29, 1.82) is 0 Å². The van der Waals surface area contributed by atoms with Crippen LogP contribution in [0.25, 0.3) is 0 Å². The second kappa shape index (κ2) is 4.61. The van der Waals surface area contributed by atoms with E-state index in [-0.39, 0.29) is 5.72 Å². The van der Waals surface area contributed by atoms with Gasteiger partial charge in [-0.25, -0.2) is 0 Å². The maximum atomic E-state index is 6.32. The van der Waals surface area contributed by atoms with Gasteiger partial charge in [-0.1, -0.05) is 0 Å². The van der Waals surface area contributed by atoms with E-state index in [1.807, 2.05) is 0 Å². The minimum absolute atomic E-state index is 0.0349. The van der Waals surface area contributed by atoms with Crippen LogP contribution in [0.4, 0.5) is 0 Å². The van der Waals surface area contributed by atoms with Crippen molar-refractivity contribution in [1.82, 2.24) is 14.7 Å². The van der Waals surface area contributed by atoms with Crippen molar-refractivity contribution in [2.45, 2.75) is 24.7 Å². The van der Waals surface area contributed by atoms with Crippen LogP contribution < -0.4 is 0 Å². The van der Waals surface area contributed by atoms with Crippen LogP contribution >= 0.6 is 0 Å². The molecule has 0 aliphatic carbocycles. The SMILES string of the molecule is CN(C)CC1CN(C)C2(CCN(C)CC2)O1. The van der Waals surface area contributed by atoms with Crippen molar-refractivity contribution in [3.63, 3.8) is 0 Å². The molecule has 16 heavy (non-hydrogen) atoms. The molecule has 2 saturated heterocycles. The predicted octanol–water partition coefficient (Wildman–Crippen LogP) is 0.301. The number of nitrogens with zero attached hydrogens (tertiary/aromatic N) is 3. The molecule has 0 aromatic heterocycles. The molecule has 94 valence electrons. The molecule has 1 unspecified atom stereocenters. The van der Waals surface area contributed by atoms with Gasteiger partial charge in [0.05, 0.1) is 6.10 Å². The number of rotatable bonds is 2. The van der Waals surface area contributed by atoms with Gasteiger partial charge in [-0.15, -0.1) is 0 Å². The van der Waals surface area contributed by atoms with E-state index in [0.717, 1.165) is 39.0 Å². The average molecular weight is 227 g/mol. The lowest BCUT2D eigenvalue weighted by molar-refractivity contribution is -0.130. The van der Waals surface area contributed by atoms with Gasteiger partial charge in [0.15, 0.2) is 0 Å². The lowest BCUT2D eigenvalue weighted by Crippen LogP contribution is -2.50. The topological polar surface area (TPSA) is 19.0 Å². The third kappa shape index (κ3) is 2.40. The second-order valence-electron chi connectivity index (χ2n) is 5.63. The summed E-state index contributed by atoms with van der Waals surface area (Å²) in [6.07, 6.45) is 2.66. The van der Waals surface area contributed by atoms with E-state index in [9.17, 15) is 0 Å². The summed E-state index contributed by atoms with van der Waals surface area (Å²) in [6, 6.07) is 0. The Morgan fingerprint density at radius 2 is 1.88 bits per heavy atom. The summed E-state index contributed by atoms with van der Waals surface area (Å²) in [5.74, 6) is 0. The van der Waals surface area contributed by atoms with Gasteiger partial charge in [0.1, 0.15) is 5.72 Å². The van der Waals surface area contributed by atoms with Crippen molar-refractivity contribution >= 4 is 0 Å². The Labute approximate surface area is 99.1 Å². The van der Waals surface area contributed by atoms with Crippen LogP contribution in [0.1, 0.15) is 12.8 Å². The Morgan fingerprint density at radius 3 is 2.44 bits per heavy atom. The Hall–Kier alpha value is -0.160. The van der Waals surface area contributed by atoms with E-state index in [2.05, 4.69) is 42.9 Å². The Kier molecular flexibility index (Phi) is 3.54. The number of ether oxygens (including phenoxy) is 1. The molecule has 0 aromatic rings. The molecule has 0 bridgehead atoms. The van der Waals surface area contributed by atoms with Gasteiger partial charge >= 0.3 is 0 Å². The number of piperidine rings is 1. The third-order valence-corrected chi connectivity index (χ3v) is 3.90. The summed E-state index contributed by atoms with van der Waals surface area (Å²) in [7, 11) is 8.63. The van der Waals surface area contributed by atoms with E-state index in [1.54, 1.807) is 0 Å². The van der Waals surface area contributed by atoms with Crippen LogP contribution in [0.3, 0.4) is 0 Å². The highest BCUT2D eigenvalue weighted by atomic mass is 16.5. The van der Waals surface area contributed by atoms with Gasteiger partial charge < -0.3 is 14.5 Å². The fourth-order valence-corrected chi connectivity index (χ4v) is 2.88. The Morgan fingerprint density at radius 1 is 1.25 bits per heavy atom.